The first-order valence-corrected chi connectivity index (χ1v) is 9.77. The second-order valence-corrected chi connectivity index (χ2v) is 8.39. The van der Waals surface area contributed by atoms with Gasteiger partial charge < -0.3 is 13.7 Å². The van der Waals surface area contributed by atoms with E-state index in [9.17, 15) is 4.79 Å². The van der Waals surface area contributed by atoms with Gasteiger partial charge in [-0.25, -0.2) is 9.97 Å². The molecule has 0 radical (unpaired) electrons. The lowest BCUT2D eigenvalue weighted by atomic mass is 10.1. The maximum atomic E-state index is 12.4. The predicted octanol–water partition coefficient (Wildman–Crippen LogP) is 5.13. The van der Waals surface area contributed by atoms with Crippen LogP contribution < -0.4 is 0 Å². The maximum absolute atomic E-state index is 12.4. The Kier molecular flexibility index (Phi) is 4.65. The van der Waals surface area contributed by atoms with E-state index in [4.69, 9.17) is 9.15 Å². The number of carbonyl (C=O) groups is 1. The Balaban J connectivity index is 1.64. The predicted molar refractivity (Wildman–Crippen MR) is 112 cm³/mol. The van der Waals surface area contributed by atoms with E-state index in [-0.39, 0.29) is 11.9 Å². The van der Waals surface area contributed by atoms with Gasteiger partial charge in [0.05, 0.1) is 17.0 Å². The summed E-state index contributed by atoms with van der Waals surface area (Å²) in [7, 11) is 0. The second-order valence-electron chi connectivity index (χ2n) is 8.39. The van der Waals surface area contributed by atoms with Gasteiger partial charge in [-0.1, -0.05) is 19.1 Å². The van der Waals surface area contributed by atoms with E-state index < -0.39 is 5.60 Å². The van der Waals surface area contributed by atoms with Crippen molar-refractivity contribution in [2.24, 2.45) is 5.92 Å². The van der Waals surface area contributed by atoms with Gasteiger partial charge in [-0.05, 0) is 58.0 Å². The summed E-state index contributed by atoms with van der Waals surface area (Å²) in [6, 6.07) is 13.6. The van der Waals surface area contributed by atoms with E-state index in [2.05, 4.69) is 14.5 Å². The SMILES string of the molecule is Cc1nc2cc(-c3nc4ccccc4o3)ccc2n1CC(C)C(=O)OC(C)(C)C. The number of esters is 1. The molecule has 4 aromatic rings. The van der Waals surface area contributed by atoms with Crippen molar-refractivity contribution in [1.29, 1.82) is 0 Å². The largest absolute Gasteiger partial charge is 0.460 e. The summed E-state index contributed by atoms with van der Waals surface area (Å²) in [5.74, 6) is 0.941. The van der Waals surface area contributed by atoms with Gasteiger partial charge >= 0.3 is 5.97 Å². The van der Waals surface area contributed by atoms with Crippen LogP contribution in [0, 0.1) is 12.8 Å². The number of aromatic nitrogens is 3. The second kappa shape index (κ2) is 7.03. The molecule has 150 valence electrons. The molecule has 1 unspecified atom stereocenters. The van der Waals surface area contributed by atoms with Crippen LogP contribution in [-0.4, -0.2) is 26.1 Å². The van der Waals surface area contributed by atoms with Gasteiger partial charge in [-0.2, -0.15) is 0 Å². The lowest BCUT2D eigenvalue weighted by Crippen LogP contribution is -2.29. The fourth-order valence-corrected chi connectivity index (χ4v) is 3.36. The topological polar surface area (TPSA) is 70.2 Å². The number of imidazole rings is 1. The molecule has 0 aliphatic rings. The van der Waals surface area contributed by atoms with Crippen molar-refractivity contribution in [1.82, 2.24) is 14.5 Å². The number of fused-ring (bicyclic) bond motifs is 2. The summed E-state index contributed by atoms with van der Waals surface area (Å²) < 4.78 is 13.4. The first-order chi connectivity index (χ1) is 13.7. The van der Waals surface area contributed by atoms with Crippen LogP contribution >= 0.6 is 0 Å². The van der Waals surface area contributed by atoms with Crippen LogP contribution in [0.25, 0.3) is 33.6 Å². The van der Waals surface area contributed by atoms with E-state index in [0.717, 1.165) is 33.5 Å². The first-order valence-electron chi connectivity index (χ1n) is 9.77. The van der Waals surface area contributed by atoms with Crippen molar-refractivity contribution in [2.45, 2.75) is 46.8 Å². The molecule has 1 atom stereocenters. The summed E-state index contributed by atoms with van der Waals surface area (Å²) in [6.45, 7) is 9.97. The highest BCUT2D eigenvalue weighted by atomic mass is 16.6. The van der Waals surface area contributed by atoms with Gasteiger partial charge in [0.25, 0.3) is 0 Å². The Morgan fingerprint density at radius 2 is 1.90 bits per heavy atom. The van der Waals surface area contributed by atoms with Crippen molar-refractivity contribution in [3.8, 4) is 11.5 Å². The molecule has 2 aromatic carbocycles. The molecule has 6 heteroatoms. The van der Waals surface area contributed by atoms with Gasteiger partial charge in [0.2, 0.25) is 5.89 Å². The number of benzene rings is 2. The third-order valence-corrected chi connectivity index (χ3v) is 4.75. The van der Waals surface area contributed by atoms with Crippen LogP contribution in [0.3, 0.4) is 0 Å². The molecular formula is C23H25N3O3. The van der Waals surface area contributed by atoms with Gasteiger partial charge in [-0.3, -0.25) is 4.79 Å². The zero-order chi connectivity index (χ0) is 20.8. The third kappa shape index (κ3) is 3.88. The van der Waals surface area contributed by atoms with Gasteiger partial charge in [0.1, 0.15) is 16.9 Å². The summed E-state index contributed by atoms with van der Waals surface area (Å²) in [5, 5.41) is 0. The highest BCUT2D eigenvalue weighted by Gasteiger charge is 2.23. The lowest BCUT2D eigenvalue weighted by Gasteiger charge is -2.22. The fraction of sp³-hybridized carbons (Fsp3) is 0.348. The number of hydrogen-bond donors (Lipinski definition) is 0. The number of aryl methyl sites for hydroxylation is 1. The average Bonchev–Trinajstić information content (AvgIpc) is 3.21. The molecule has 0 saturated carbocycles. The minimum atomic E-state index is -0.494. The molecule has 0 N–H and O–H groups in total. The number of nitrogens with zero attached hydrogens (tertiary/aromatic N) is 3. The van der Waals surface area contributed by atoms with Crippen molar-refractivity contribution in [3.05, 3.63) is 48.3 Å². The first kappa shape index (κ1) is 19.2. The molecular weight excluding hydrogens is 366 g/mol. The summed E-state index contributed by atoms with van der Waals surface area (Å²) in [6.07, 6.45) is 0. The minimum absolute atomic E-state index is 0.207. The van der Waals surface area contributed by atoms with Crippen molar-refractivity contribution < 1.29 is 13.9 Å². The van der Waals surface area contributed by atoms with Gasteiger partial charge in [0, 0.05) is 12.1 Å². The molecule has 2 heterocycles. The maximum Gasteiger partial charge on any atom is 0.310 e. The molecule has 0 aliphatic carbocycles. The zero-order valence-corrected chi connectivity index (χ0v) is 17.4. The highest BCUT2D eigenvalue weighted by Crippen LogP contribution is 2.28. The van der Waals surface area contributed by atoms with Crippen molar-refractivity contribution in [2.75, 3.05) is 0 Å². The average molecular weight is 391 g/mol. The van der Waals surface area contributed by atoms with E-state index in [0.29, 0.717) is 12.4 Å². The fourth-order valence-electron chi connectivity index (χ4n) is 3.36. The highest BCUT2D eigenvalue weighted by molar-refractivity contribution is 5.83. The summed E-state index contributed by atoms with van der Waals surface area (Å²) >= 11 is 0. The van der Waals surface area contributed by atoms with E-state index in [1.54, 1.807) is 0 Å². The Morgan fingerprint density at radius 3 is 2.62 bits per heavy atom. The standard InChI is InChI=1S/C23H25N3O3/c1-14(22(27)29-23(3,4)5)13-26-15(2)24-18-12-16(10-11-19(18)26)21-25-17-8-6-7-9-20(17)28-21/h6-12,14H,13H2,1-5H3. The number of oxazole rings is 1. The Hall–Kier alpha value is -3.15. The molecule has 6 nitrogen and oxygen atoms in total. The molecule has 4 rings (SSSR count). The van der Waals surface area contributed by atoms with E-state index >= 15 is 0 Å². The lowest BCUT2D eigenvalue weighted by molar-refractivity contribution is -0.159. The number of para-hydroxylation sites is 2. The molecule has 0 amide bonds. The molecule has 0 spiro atoms. The number of carbonyl (C=O) groups excluding carboxylic acids is 1. The molecule has 0 bridgehead atoms. The molecule has 0 saturated heterocycles. The quantitative estimate of drug-likeness (QED) is 0.451. The normalized spacial score (nSPS) is 13.1. The summed E-state index contributed by atoms with van der Waals surface area (Å²) in [5.41, 5.74) is 3.78. The monoisotopic (exact) mass is 391 g/mol. The summed E-state index contributed by atoms with van der Waals surface area (Å²) in [4.78, 5) is 21.6. The van der Waals surface area contributed by atoms with E-state index in [1.807, 2.05) is 77.1 Å². The Labute approximate surface area is 169 Å². The zero-order valence-electron chi connectivity index (χ0n) is 17.4. The number of hydrogen-bond acceptors (Lipinski definition) is 5. The molecule has 0 aliphatic heterocycles. The van der Waals surface area contributed by atoms with Crippen LogP contribution in [0.4, 0.5) is 0 Å². The van der Waals surface area contributed by atoms with Crippen molar-refractivity contribution >= 4 is 28.1 Å². The minimum Gasteiger partial charge on any atom is -0.460 e. The Bertz CT molecular complexity index is 1160. The van der Waals surface area contributed by atoms with Crippen LogP contribution in [-0.2, 0) is 16.1 Å². The Morgan fingerprint density at radius 1 is 1.14 bits per heavy atom. The van der Waals surface area contributed by atoms with Crippen molar-refractivity contribution in [3.63, 3.8) is 0 Å². The molecule has 2 aromatic heterocycles. The van der Waals surface area contributed by atoms with Gasteiger partial charge in [0.15, 0.2) is 5.58 Å². The van der Waals surface area contributed by atoms with Gasteiger partial charge in [-0.15, -0.1) is 0 Å². The smallest absolute Gasteiger partial charge is 0.310 e. The number of rotatable bonds is 4. The molecule has 29 heavy (non-hydrogen) atoms. The van der Waals surface area contributed by atoms with E-state index in [1.165, 1.54) is 0 Å². The van der Waals surface area contributed by atoms with Crippen LogP contribution in [0.1, 0.15) is 33.5 Å². The van der Waals surface area contributed by atoms with Crippen LogP contribution in [0.2, 0.25) is 0 Å². The number of ether oxygens (including phenoxy) is 1. The molecule has 0 fully saturated rings. The van der Waals surface area contributed by atoms with Crippen LogP contribution in [0.15, 0.2) is 46.9 Å². The van der Waals surface area contributed by atoms with Crippen LogP contribution in [0.5, 0.6) is 0 Å². The third-order valence-electron chi connectivity index (χ3n) is 4.75.